The quantitative estimate of drug-likeness (QED) is 0.753. The first-order chi connectivity index (χ1) is 8.79. The van der Waals surface area contributed by atoms with Gasteiger partial charge >= 0.3 is 5.97 Å². The molecule has 1 aromatic rings. The van der Waals surface area contributed by atoms with Crippen LogP contribution in [0.4, 0.5) is 0 Å². The normalized spacial score (nSPS) is 18.6. The van der Waals surface area contributed by atoms with Crippen molar-refractivity contribution in [2.24, 2.45) is 0 Å². The molecule has 4 heteroatoms. The van der Waals surface area contributed by atoms with Crippen LogP contribution in [0.15, 0.2) is 24.3 Å². The molecule has 0 N–H and O–H groups in total. The van der Waals surface area contributed by atoms with Gasteiger partial charge in [0, 0.05) is 13.0 Å². The van der Waals surface area contributed by atoms with E-state index in [1.807, 2.05) is 0 Å². The molecule has 0 saturated carbocycles. The predicted octanol–water partition coefficient (Wildman–Crippen LogP) is 2.42. The van der Waals surface area contributed by atoms with Gasteiger partial charge in [-0.2, -0.15) is 0 Å². The zero-order valence-electron chi connectivity index (χ0n) is 10.6. The molecule has 0 aromatic heterocycles. The van der Waals surface area contributed by atoms with Crippen molar-refractivity contribution in [3.63, 3.8) is 0 Å². The summed E-state index contributed by atoms with van der Waals surface area (Å²) in [5.41, 5.74) is 0.515. The molecule has 4 nitrogen and oxygen atoms in total. The molecule has 1 heterocycles. The van der Waals surface area contributed by atoms with Crippen molar-refractivity contribution in [2.45, 2.75) is 25.4 Å². The fraction of sp³-hybridized carbons (Fsp3) is 0.500. The van der Waals surface area contributed by atoms with Gasteiger partial charge in [-0.25, -0.2) is 4.79 Å². The third kappa shape index (κ3) is 3.47. The van der Waals surface area contributed by atoms with E-state index in [-0.39, 0.29) is 12.1 Å². The fourth-order valence-corrected chi connectivity index (χ4v) is 1.99. The van der Waals surface area contributed by atoms with Gasteiger partial charge in [0.1, 0.15) is 5.75 Å². The van der Waals surface area contributed by atoms with E-state index in [0.717, 1.165) is 25.9 Å². The lowest BCUT2D eigenvalue weighted by Crippen LogP contribution is -2.13. The Hall–Kier alpha value is -1.55. The smallest absolute Gasteiger partial charge is 0.338 e. The number of esters is 1. The van der Waals surface area contributed by atoms with Crippen LogP contribution in [0.5, 0.6) is 5.75 Å². The maximum Gasteiger partial charge on any atom is 0.338 e. The van der Waals surface area contributed by atoms with E-state index in [1.165, 1.54) is 0 Å². The van der Waals surface area contributed by atoms with Crippen LogP contribution in [0.25, 0.3) is 0 Å². The van der Waals surface area contributed by atoms with Gasteiger partial charge < -0.3 is 14.2 Å². The van der Waals surface area contributed by atoms with Gasteiger partial charge in [0.15, 0.2) is 0 Å². The summed E-state index contributed by atoms with van der Waals surface area (Å²) in [5, 5.41) is 0. The van der Waals surface area contributed by atoms with E-state index in [9.17, 15) is 4.79 Å². The minimum atomic E-state index is -0.313. The monoisotopic (exact) mass is 250 g/mol. The second-order valence-electron chi connectivity index (χ2n) is 4.29. The number of ether oxygens (including phenoxy) is 3. The number of carbonyl (C=O) groups excluding carboxylic acids is 1. The fourth-order valence-electron chi connectivity index (χ4n) is 1.99. The van der Waals surface area contributed by atoms with Crippen LogP contribution >= 0.6 is 0 Å². The summed E-state index contributed by atoms with van der Waals surface area (Å²) in [6, 6.07) is 6.96. The van der Waals surface area contributed by atoms with Gasteiger partial charge in [-0.1, -0.05) is 6.07 Å². The second kappa shape index (κ2) is 6.40. The summed E-state index contributed by atoms with van der Waals surface area (Å²) in [7, 11) is 1.57. The number of hydrogen-bond acceptors (Lipinski definition) is 4. The minimum Gasteiger partial charge on any atom is -0.497 e. The molecule has 18 heavy (non-hydrogen) atoms. The topological polar surface area (TPSA) is 44.8 Å². The Labute approximate surface area is 107 Å². The predicted molar refractivity (Wildman–Crippen MR) is 66.9 cm³/mol. The maximum absolute atomic E-state index is 11.8. The summed E-state index contributed by atoms with van der Waals surface area (Å²) < 4.78 is 15.7. The molecule has 1 saturated heterocycles. The Morgan fingerprint density at radius 2 is 2.39 bits per heavy atom. The largest absolute Gasteiger partial charge is 0.497 e. The van der Waals surface area contributed by atoms with Gasteiger partial charge in [0.25, 0.3) is 0 Å². The summed E-state index contributed by atoms with van der Waals surface area (Å²) in [4.78, 5) is 11.8. The third-order valence-electron chi connectivity index (χ3n) is 3.00. The lowest BCUT2D eigenvalue weighted by Gasteiger charge is -2.10. The molecule has 1 aliphatic heterocycles. The highest BCUT2D eigenvalue weighted by Crippen LogP contribution is 2.16. The number of carbonyl (C=O) groups is 1. The van der Waals surface area contributed by atoms with Crippen molar-refractivity contribution in [3.8, 4) is 5.75 Å². The molecule has 1 atom stereocenters. The van der Waals surface area contributed by atoms with E-state index in [4.69, 9.17) is 14.2 Å². The Morgan fingerprint density at radius 1 is 1.50 bits per heavy atom. The van der Waals surface area contributed by atoms with Gasteiger partial charge in [-0.3, -0.25) is 0 Å². The van der Waals surface area contributed by atoms with Gasteiger partial charge in [-0.15, -0.1) is 0 Å². The minimum absolute atomic E-state index is 0.253. The highest BCUT2D eigenvalue weighted by atomic mass is 16.5. The first-order valence-corrected chi connectivity index (χ1v) is 6.22. The van der Waals surface area contributed by atoms with E-state index in [0.29, 0.717) is 17.9 Å². The van der Waals surface area contributed by atoms with Crippen LogP contribution in [0, 0.1) is 0 Å². The molecule has 0 spiro atoms. The van der Waals surface area contributed by atoms with E-state index in [1.54, 1.807) is 31.4 Å². The summed E-state index contributed by atoms with van der Waals surface area (Å²) >= 11 is 0. The molecule has 0 radical (unpaired) electrons. The third-order valence-corrected chi connectivity index (χ3v) is 3.00. The van der Waals surface area contributed by atoms with Crippen LogP contribution in [0.3, 0.4) is 0 Å². The van der Waals surface area contributed by atoms with Crippen LogP contribution in [-0.4, -0.2) is 32.4 Å². The average molecular weight is 250 g/mol. The van der Waals surface area contributed by atoms with Crippen molar-refractivity contribution in [1.29, 1.82) is 0 Å². The SMILES string of the molecule is COc1cccc(C(=O)OCC[C@@H]2CCCO2)c1. The van der Waals surface area contributed by atoms with Crippen molar-refractivity contribution >= 4 is 5.97 Å². The summed E-state index contributed by atoms with van der Waals surface area (Å²) in [5.74, 6) is 0.343. The number of hydrogen-bond donors (Lipinski definition) is 0. The van der Waals surface area contributed by atoms with Crippen molar-refractivity contribution in [3.05, 3.63) is 29.8 Å². The molecule has 0 amide bonds. The average Bonchev–Trinajstić information content (AvgIpc) is 2.92. The zero-order valence-corrected chi connectivity index (χ0v) is 10.6. The zero-order chi connectivity index (χ0) is 12.8. The molecule has 1 aliphatic rings. The lowest BCUT2D eigenvalue weighted by atomic mass is 10.2. The Morgan fingerprint density at radius 3 is 3.11 bits per heavy atom. The molecular formula is C14H18O4. The van der Waals surface area contributed by atoms with E-state index >= 15 is 0 Å². The Bertz CT molecular complexity index is 397. The first kappa shape index (κ1) is 12.9. The Kier molecular flexibility index (Phi) is 4.59. The lowest BCUT2D eigenvalue weighted by molar-refractivity contribution is 0.0385. The van der Waals surface area contributed by atoms with Crippen LogP contribution in [0.2, 0.25) is 0 Å². The van der Waals surface area contributed by atoms with Crippen LogP contribution < -0.4 is 4.74 Å². The molecule has 0 bridgehead atoms. The van der Waals surface area contributed by atoms with Gasteiger partial charge in [-0.05, 0) is 31.0 Å². The summed E-state index contributed by atoms with van der Waals surface area (Å²) in [6.07, 6.45) is 3.20. The van der Waals surface area contributed by atoms with Crippen molar-refractivity contribution in [1.82, 2.24) is 0 Å². The first-order valence-electron chi connectivity index (χ1n) is 6.22. The number of methoxy groups -OCH3 is 1. The number of benzene rings is 1. The van der Waals surface area contributed by atoms with Crippen molar-refractivity contribution < 1.29 is 19.0 Å². The summed E-state index contributed by atoms with van der Waals surface area (Å²) in [6.45, 7) is 1.23. The van der Waals surface area contributed by atoms with Crippen LogP contribution in [0.1, 0.15) is 29.6 Å². The van der Waals surface area contributed by atoms with E-state index < -0.39 is 0 Å². The standard InChI is InChI=1S/C14H18O4/c1-16-13-5-2-4-11(10-13)14(15)18-9-7-12-6-3-8-17-12/h2,4-5,10,12H,3,6-9H2,1H3/t12-/m0/s1. The van der Waals surface area contributed by atoms with Gasteiger partial charge in [0.2, 0.25) is 0 Å². The molecule has 98 valence electrons. The Balaban J connectivity index is 1.79. The molecule has 0 aliphatic carbocycles. The number of rotatable bonds is 5. The highest BCUT2D eigenvalue weighted by molar-refractivity contribution is 5.89. The molecular weight excluding hydrogens is 232 g/mol. The molecule has 0 unspecified atom stereocenters. The highest BCUT2D eigenvalue weighted by Gasteiger charge is 2.16. The molecule has 1 fully saturated rings. The van der Waals surface area contributed by atoms with Gasteiger partial charge in [0.05, 0.1) is 25.4 Å². The van der Waals surface area contributed by atoms with Crippen molar-refractivity contribution in [2.75, 3.05) is 20.3 Å². The van der Waals surface area contributed by atoms with E-state index in [2.05, 4.69) is 0 Å². The van der Waals surface area contributed by atoms with Crippen LogP contribution in [-0.2, 0) is 9.47 Å². The second-order valence-corrected chi connectivity index (χ2v) is 4.29. The molecule has 1 aromatic carbocycles. The molecule has 2 rings (SSSR count). The maximum atomic E-state index is 11.8.